The second-order valence-corrected chi connectivity index (χ2v) is 8.76. The number of benzene rings is 2. The Morgan fingerprint density at radius 2 is 1.70 bits per heavy atom. The molecule has 3 rings (SSSR count). The van der Waals surface area contributed by atoms with E-state index in [2.05, 4.69) is 0 Å². The molecule has 1 saturated heterocycles. The average molecular weight is 452 g/mol. The molecule has 7 nitrogen and oxygen atoms in total. The van der Waals surface area contributed by atoms with Crippen molar-refractivity contribution in [2.75, 3.05) is 39.5 Å². The zero-order valence-electron chi connectivity index (χ0n) is 16.2. The summed E-state index contributed by atoms with van der Waals surface area (Å²) in [5.41, 5.74) is 0.685. The van der Waals surface area contributed by atoms with Crippen LogP contribution in [0.5, 0.6) is 5.75 Å². The number of halogens is 1. The zero-order valence-corrected chi connectivity index (χ0v) is 17.8. The summed E-state index contributed by atoms with van der Waals surface area (Å²) in [6.07, 6.45) is 2.85. The number of carbonyl (C=O) groups is 1. The molecular weight excluding hydrogens is 430 g/mol. The molecule has 0 unspecified atom stereocenters. The van der Waals surface area contributed by atoms with E-state index in [-0.39, 0.29) is 18.1 Å². The molecule has 1 heterocycles. The van der Waals surface area contributed by atoms with Gasteiger partial charge in [0.15, 0.2) is 0 Å². The Bertz CT molecular complexity index is 968. The van der Waals surface area contributed by atoms with Gasteiger partial charge in [0.2, 0.25) is 10.0 Å². The molecule has 1 aliphatic rings. The van der Waals surface area contributed by atoms with Gasteiger partial charge in [-0.15, -0.1) is 0 Å². The largest absolute Gasteiger partial charge is 0.490 e. The summed E-state index contributed by atoms with van der Waals surface area (Å²) in [6.45, 7) is 1.80. The van der Waals surface area contributed by atoms with Crippen molar-refractivity contribution in [2.45, 2.75) is 4.90 Å². The lowest BCUT2D eigenvalue weighted by Gasteiger charge is -2.26. The Kier molecular flexibility index (Phi) is 7.87. The van der Waals surface area contributed by atoms with E-state index in [4.69, 9.17) is 25.8 Å². The van der Waals surface area contributed by atoms with Crippen molar-refractivity contribution in [3.8, 4) is 5.75 Å². The highest BCUT2D eigenvalue weighted by atomic mass is 35.5. The maximum Gasteiger partial charge on any atom is 0.330 e. The SMILES string of the molecule is O=C(C=Cc1ccc(S(=O)(=O)N2CCOCC2)cc1)OCCOc1ccc(Cl)cc1. The summed E-state index contributed by atoms with van der Waals surface area (Å²) in [5, 5.41) is 0.616. The first kappa shape index (κ1) is 22.3. The molecule has 1 fully saturated rings. The van der Waals surface area contributed by atoms with Crippen molar-refractivity contribution < 1.29 is 27.4 Å². The Labute approximate surface area is 180 Å². The molecule has 0 saturated carbocycles. The molecule has 30 heavy (non-hydrogen) atoms. The molecule has 2 aromatic rings. The van der Waals surface area contributed by atoms with Gasteiger partial charge in [0.25, 0.3) is 0 Å². The third kappa shape index (κ3) is 6.30. The van der Waals surface area contributed by atoms with Gasteiger partial charge in [-0.1, -0.05) is 23.7 Å². The summed E-state index contributed by atoms with van der Waals surface area (Å²) in [7, 11) is -3.53. The highest BCUT2D eigenvalue weighted by molar-refractivity contribution is 7.89. The molecule has 0 atom stereocenters. The van der Waals surface area contributed by atoms with Gasteiger partial charge in [-0.25, -0.2) is 13.2 Å². The van der Waals surface area contributed by atoms with E-state index in [0.29, 0.717) is 42.6 Å². The van der Waals surface area contributed by atoms with Crippen molar-refractivity contribution in [1.29, 1.82) is 0 Å². The predicted molar refractivity (Wildman–Crippen MR) is 113 cm³/mol. The van der Waals surface area contributed by atoms with Gasteiger partial charge in [-0.05, 0) is 48.0 Å². The third-order valence-corrected chi connectivity index (χ3v) is 6.47. The van der Waals surface area contributed by atoms with Crippen molar-refractivity contribution >= 4 is 33.7 Å². The lowest BCUT2D eigenvalue weighted by atomic mass is 10.2. The van der Waals surface area contributed by atoms with Gasteiger partial charge in [-0.3, -0.25) is 0 Å². The van der Waals surface area contributed by atoms with Gasteiger partial charge in [0, 0.05) is 24.2 Å². The fourth-order valence-corrected chi connectivity index (χ4v) is 4.27. The standard InChI is InChI=1S/C21H22ClNO6S/c22-18-4-6-19(7-5-18)28-15-16-29-21(24)10-3-17-1-8-20(9-2-17)30(25,26)23-11-13-27-14-12-23/h1-10H,11-16H2. The Morgan fingerprint density at radius 1 is 1.03 bits per heavy atom. The number of nitrogens with zero attached hydrogens (tertiary/aromatic N) is 1. The van der Waals surface area contributed by atoms with Crippen LogP contribution in [0.1, 0.15) is 5.56 Å². The lowest BCUT2D eigenvalue weighted by Crippen LogP contribution is -2.40. The summed E-state index contributed by atoms with van der Waals surface area (Å²) in [6, 6.07) is 13.2. The van der Waals surface area contributed by atoms with Crippen molar-refractivity contribution in [2.24, 2.45) is 0 Å². The average Bonchev–Trinajstić information content (AvgIpc) is 2.77. The molecule has 9 heteroatoms. The number of sulfonamides is 1. The third-order valence-electron chi connectivity index (χ3n) is 4.31. The molecule has 0 aliphatic carbocycles. The van der Waals surface area contributed by atoms with Crippen LogP contribution < -0.4 is 4.74 Å². The van der Waals surface area contributed by atoms with Crippen LogP contribution in [0.15, 0.2) is 59.5 Å². The Balaban J connectivity index is 1.46. The molecule has 0 aromatic heterocycles. The first-order valence-corrected chi connectivity index (χ1v) is 11.2. The monoisotopic (exact) mass is 451 g/mol. The van der Waals surface area contributed by atoms with Gasteiger partial charge in [0.1, 0.15) is 19.0 Å². The van der Waals surface area contributed by atoms with E-state index < -0.39 is 16.0 Å². The topological polar surface area (TPSA) is 82.1 Å². The van der Waals surface area contributed by atoms with Gasteiger partial charge in [0.05, 0.1) is 18.1 Å². The highest BCUT2D eigenvalue weighted by Crippen LogP contribution is 2.18. The molecule has 0 amide bonds. The van der Waals surface area contributed by atoms with Crippen molar-refractivity contribution in [1.82, 2.24) is 4.31 Å². The van der Waals surface area contributed by atoms with E-state index in [1.54, 1.807) is 42.5 Å². The fraction of sp³-hybridized carbons (Fsp3) is 0.286. The fourth-order valence-electron chi connectivity index (χ4n) is 2.73. The number of rotatable bonds is 8. The maximum atomic E-state index is 12.6. The normalized spacial score (nSPS) is 15.2. The van der Waals surface area contributed by atoms with Crippen LogP contribution in [0.2, 0.25) is 5.02 Å². The minimum absolute atomic E-state index is 0.0997. The first-order valence-electron chi connectivity index (χ1n) is 9.36. The minimum Gasteiger partial charge on any atom is -0.490 e. The summed E-state index contributed by atoms with van der Waals surface area (Å²) in [5.74, 6) is 0.123. The van der Waals surface area contributed by atoms with E-state index in [0.717, 1.165) is 0 Å². The van der Waals surface area contributed by atoms with Crippen LogP contribution >= 0.6 is 11.6 Å². The van der Waals surface area contributed by atoms with Gasteiger partial charge in [-0.2, -0.15) is 4.31 Å². The number of hydrogen-bond donors (Lipinski definition) is 0. The summed E-state index contributed by atoms with van der Waals surface area (Å²) >= 11 is 5.80. The van der Waals surface area contributed by atoms with Gasteiger partial charge < -0.3 is 14.2 Å². The van der Waals surface area contributed by atoms with E-state index >= 15 is 0 Å². The van der Waals surface area contributed by atoms with Crippen LogP contribution in [0, 0.1) is 0 Å². The summed E-state index contributed by atoms with van der Waals surface area (Å²) < 4.78 is 42.3. The van der Waals surface area contributed by atoms with Gasteiger partial charge >= 0.3 is 5.97 Å². The van der Waals surface area contributed by atoms with E-state index in [9.17, 15) is 13.2 Å². The first-order chi connectivity index (χ1) is 14.4. The van der Waals surface area contributed by atoms with Crippen LogP contribution in [-0.2, 0) is 24.3 Å². The van der Waals surface area contributed by atoms with Crippen LogP contribution in [0.3, 0.4) is 0 Å². The molecule has 0 radical (unpaired) electrons. The van der Waals surface area contributed by atoms with Crippen LogP contribution in [0.25, 0.3) is 6.08 Å². The number of esters is 1. The van der Waals surface area contributed by atoms with Crippen molar-refractivity contribution in [3.63, 3.8) is 0 Å². The molecule has 1 aliphatic heterocycles. The molecule has 160 valence electrons. The lowest BCUT2D eigenvalue weighted by molar-refractivity contribution is -0.138. The van der Waals surface area contributed by atoms with Crippen LogP contribution in [-0.4, -0.2) is 58.2 Å². The molecular formula is C21H22ClNO6S. The maximum absolute atomic E-state index is 12.6. The Morgan fingerprint density at radius 3 is 2.37 bits per heavy atom. The zero-order chi connectivity index (χ0) is 21.4. The second-order valence-electron chi connectivity index (χ2n) is 6.39. The second kappa shape index (κ2) is 10.6. The quantitative estimate of drug-likeness (QED) is 0.348. The number of ether oxygens (including phenoxy) is 3. The minimum atomic E-state index is -3.53. The smallest absolute Gasteiger partial charge is 0.330 e. The van der Waals surface area contributed by atoms with Crippen molar-refractivity contribution in [3.05, 3.63) is 65.2 Å². The molecule has 2 aromatic carbocycles. The summed E-state index contributed by atoms with van der Waals surface area (Å²) in [4.78, 5) is 12.0. The molecule has 0 bridgehead atoms. The number of morpholine rings is 1. The predicted octanol–water partition coefficient (Wildman–Crippen LogP) is 3.00. The van der Waals surface area contributed by atoms with E-state index in [1.165, 1.54) is 22.5 Å². The van der Waals surface area contributed by atoms with Crippen LogP contribution in [0.4, 0.5) is 0 Å². The Hall–Kier alpha value is -2.39. The molecule has 0 spiro atoms. The van der Waals surface area contributed by atoms with E-state index in [1.807, 2.05) is 0 Å². The number of hydrogen-bond acceptors (Lipinski definition) is 6. The number of carbonyl (C=O) groups excluding carboxylic acids is 1. The highest BCUT2D eigenvalue weighted by Gasteiger charge is 2.25. The molecule has 0 N–H and O–H groups in total.